The van der Waals surface area contributed by atoms with Crippen LogP contribution in [-0.2, 0) is 0 Å². The highest BCUT2D eigenvalue weighted by atomic mass is 19.1. The van der Waals surface area contributed by atoms with E-state index in [0.717, 1.165) is 6.07 Å². The number of halogens is 1. The second-order valence-corrected chi connectivity index (χ2v) is 1.93. The molecule has 1 rings (SSSR count). The fourth-order valence-electron chi connectivity index (χ4n) is 0.667. The molecule has 0 fully saturated rings. The molecule has 0 saturated carbocycles. The van der Waals surface area contributed by atoms with E-state index in [2.05, 4.69) is 0 Å². The summed E-state index contributed by atoms with van der Waals surface area (Å²) < 4.78 is 12.3. The zero-order valence-electron chi connectivity index (χ0n) is 7.16. The lowest BCUT2D eigenvalue weighted by Gasteiger charge is -1.96. The van der Waals surface area contributed by atoms with Crippen LogP contribution in [0.5, 0.6) is 0 Å². The standard InChI is InChI=1S/C6H6BFO2.C2H6/c8-6-3-1-2-5(4-6)7(9)10;1-2/h1-4,9-10H;1-2H3. The Morgan fingerprint density at radius 1 is 1.25 bits per heavy atom. The first kappa shape index (κ1) is 11.1. The maximum Gasteiger partial charge on any atom is 0.488 e. The van der Waals surface area contributed by atoms with Crippen molar-refractivity contribution in [1.29, 1.82) is 0 Å². The van der Waals surface area contributed by atoms with E-state index < -0.39 is 12.9 Å². The third kappa shape index (κ3) is 3.50. The molecule has 0 amide bonds. The number of rotatable bonds is 1. The monoisotopic (exact) mass is 170 g/mol. The Labute approximate surface area is 71.8 Å². The van der Waals surface area contributed by atoms with Gasteiger partial charge in [0.05, 0.1) is 0 Å². The largest absolute Gasteiger partial charge is 0.488 e. The van der Waals surface area contributed by atoms with E-state index in [4.69, 9.17) is 10.0 Å². The lowest BCUT2D eigenvalue weighted by atomic mass is 9.80. The molecule has 2 nitrogen and oxygen atoms in total. The molecule has 0 aliphatic carbocycles. The predicted molar refractivity (Wildman–Crippen MR) is 47.6 cm³/mol. The van der Waals surface area contributed by atoms with Crippen molar-refractivity contribution in [3.63, 3.8) is 0 Å². The Bertz CT molecular complexity index is 228. The molecule has 0 saturated heterocycles. The molecule has 12 heavy (non-hydrogen) atoms. The van der Waals surface area contributed by atoms with Crippen LogP contribution in [0.3, 0.4) is 0 Å². The van der Waals surface area contributed by atoms with Crippen LogP contribution in [-0.4, -0.2) is 17.2 Å². The fraction of sp³-hybridized carbons (Fsp3) is 0.250. The van der Waals surface area contributed by atoms with Crippen molar-refractivity contribution in [3.8, 4) is 0 Å². The molecule has 66 valence electrons. The summed E-state index contributed by atoms with van der Waals surface area (Å²) in [4.78, 5) is 0. The third-order valence-electron chi connectivity index (χ3n) is 1.15. The SMILES string of the molecule is CC.OB(O)c1cccc(F)c1. The van der Waals surface area contributed by atoms with Crippen LogP contribution in [0, 0.1) is 5.82 Å². The lowest BCUT2D eigenvalue weighted by molar-refractivity contribution is 0.425. The Hall–Kier alpha value is -0.865. The van der Waals surface area contributed by atoms with Crippen LogP contribution >= 0.6 is 0 Å². The normalized spacial score (nSPS) is 8.42. The Morgan fingerprint density at radius 2 is 1.83 bits per heavy atom. The number of hydrogen-bond donors (Lipinski definition) is 2. The lowest BCUT2D eigenvalue weighted by Crippen LogP contribution is -2.29. The molecule has 0 bridgehead atoms. The van der Waals surface area contributed by atoms with Crippen LogP contribution in [0.4, 0.5) is 4.39 Å². The predicted octanol–water partition coefficient (Wildman–Crippen LogP) is 0.532. The minimum Gasteiger partial charge on any atom is -0.423 e. The van der Waals surface area contributed by atoms with Gasteiger partial charge in [-0.25, -0.2) is 4.39 Å². The fourth-order valence-corrected chi connectivity index (χ4v) is 0.667. The topological polar surface area (TPSA) is 40.5 Å². The molecule has 0 aromatic heterocycles. The van der Waals surface area contributed by atoms with Gasteiger partial charge in [-0.15, -0.1) is 0 Å². The van der Waals surface area contributed by atoms with Gasteiger partial charge in [0.15, 0.2) is 0 Å². The van der Waals surface area contributed by atoms with E-state index in [1.807, 2.05) is 13.8 Å². The van der Waals surface area contributed by atoms with Crippen LogP contribution in [0.25, 0.3) is 0 Å². The minimum absolute atomic E-state index is 0.167. The molecule has 1 aromatic carbocycles. The van der Waals surface area contributed by atoms with E-state index in [-0.39, 0.29) is 5.46 Å². The summed E-state index contributed by atoms with van der Waals surface area (Å²) in [5.41, 5.74) is 0.167. The van der Waals surface area contributed by atoms with E-state index in [1.54, 1.807) is 0 Å². The zero-order chi connectivity index (χ0) is 9.56. The van der Waals surface area contributed by atoms with Gasteiger partial charge in [-0.05, 0) is 17.6 Å². The Morgan fingerprint density at radius 3 is 2.17 bits per heavy atom. The van der Waals surface area contributed by atoms with Crippen LogP contribution in [0.1, 0.15) is 13.8 Å². The molecular formula is C8H12BFO2. The molecule has 4 heteroatoms. The molecule has 0 radical (unpaired) electrons. The van der Waals surface area contributed by atoms with Crippen LogP contribution < -0.4 is 5.46 Å². The van der Waals surface area contributed by atoms with Crippen LogP contribution in [0.15, 0.2) is 24.3 Å². The second kappa shape index (κ2) is 5.74. The molecule has 0 aliphatic heterocycles. The van der Waals surface area contributed by atoms with E-state index >= 15 is 0 Å². The van der Waals surface area contributed by atoms with Crippen molar-refractivity contribution in [2.75, 3.05) is 0 Å². The summed E-state index contributed by atoms with van der Waals surface area (Å²) in [5, 5.41) is 17.1. The van der Waals surface area contributed by atoms with Crippen molar-refractivity contribution in [2.45, 2.75) is 13.8 Å². The van der Waals surface area contributed by atoms with E-state index in [0.29, 0.717) is 0 Å². The molecule has 0 heterocycles. The average Bonchev–Trinajstić information content (AvgIpc) is 2.08. The van der Waals surface area contributed by atoms with Crippen LogP contribution in [0.2, 0.25) is 0 Å². The quantitative estimate of drug-likeness (QED) is 0.603. The maximum atomic E-state index is 12.3. The third-order valence-corrected chi connectivity index (χ3v) is 1.15. The summed E-state index contributed by atoms with van der Waals surface area (Å²) in [6.45, 7) is 4.00. The highest BCUT2D eigenvalue weighted by Crippen LogP contribution is 1.92. The molecular weight excluding hydrogens is 158 g/mol. The van der Waals surface area contributed by atoms with E-state index in [9.17, 15) is 4.39 Å². The summed E-state index contributed by atoms with van der Waals surface area (Å²) >= 11 is 0. The minimum atomic E-state index is -1.59. The van der Waals surface area contributed by atoms with Gasteiger partial charge in [-0.2, -0.15) is 0 Å². The summed E-state index contributed by atoms with van der Waals surface area (Å²) in [7, 11) is -1.59. The van der Waals surface area contributed by atoms with Crippen molar-refractivity contribution in [1.82, 2.24) is 0 Å². The van der Waals surface area contributed by atoms with Gasteiger partial charge >= 0.3 is 7.12 Å². The Balaban J connectivity index is 0.000000561. The van der Waals surface area contributed by atoms with Crippen molar-refractivity contribution in [2.24, 2.45) is 0 Å². The maximum absolute atomic E-state index is 12.3. The van der Waals surface area contributed by atoms with Gasteiger partial charge in [-0.1, -0.05) is 26.0 Å². The molecule has 0 unspecified atom stereocenters. The highest BCUT2D eigenvalue weighted by molar-refractivity contribution is 6.58. The van der Waals surface area contributed by atoms with Gasteiger partial charge in [0, 0.05) is 0 Å². The zero-order valence-corrected chi connectivity index (χ0v) is 7.16. The van der Waals surface area contributed by atoms with Gasteiger partial charge in [0.2, 0.25) is 0 Å². The second-order valence-electron chi connectivity index (χ2n) is 1.93. The number of hydrogen-bond acceptors (Lipinski definition) is 2. The summed E-state index contributed by atoms with van der Waals surface area (Å²) in [6, 6.07) is 5.18. The van der Waals surface area contributed by atoms with Gasteiger partial charge in [0.1, 0.15) is 5.82 Å². The molecule has 0 spiro atoms. The van der Waals surface area contributed by atoms with E-state index in [1.165, 1.54) is 18.2 Å². The first-order chi connectivity index (χ1) is 5.70. The summed E-state index contributed by atoms with van der Waals surface area (Å²) in [6.07, 6.45) is 0. The Kier molecular flexibility index (Phi) is 5.33. The number of benzene rings is 1. The first-order valence-electron chi connectivity index (χ1n) is 3.82. The van der Waals surface area contributed by atoms with Crippen molar-refractivity contribution in [3.05, 3.63) is 30.1 Å². The van der Waals surface area contributed by atoms with Gasteiger partial charge < -0.3 is 10.0 Å². The van der Waals surface area contributed by atoms with Gasteiger partial charge in [0.25, 0.3) is 0 Å². The molecule has 0 aliphatic rings. The molecule has 1 aromatic rings. The highest BCUT2D eigenvalue weighted by Gasteiger charge is 2.09. The van der Waals surface area contributed by atoms with Crippen molar-refractivity contribution >= 4 is 12.6 Å². The first-order valence-corrected chi connectivity index (χ1v) is 3.82. The summed E-state index contributed by atoms with van der Waals surface area (Å²) in [5.74, 6) is -0.467. The average molecular weight is 170 g/mol. The van der Waals surface area contributed by atoms with Gasteiger partial charge in [-0.3, -0.25) is 0 Å². The smallest absolute Gasteiger partial charge is 0.423 e. The molecule has 2 N–H and O–H groups in total. The molecule has 0 atom stereocenters. The van der Waals surface area contributed by atoms with Crippen molar-refractivity contribution < 1.29 is 14.4 Å².